The van der Waals surface area contributed by atoms with Gasteiger partial charge >= 0.3 is 5.97 Å². The number of benzene rings is 1. The molecule has 4 heteroatoms. The number of carbonyl (C=O) groups is 1. The number of carbonyl (C=O) groups excluding carboxylic acids is 1. The van der Waals surface area contributed by atoms with Crippen molar-refractivity contribution >= 4 is 18.6 Å². The highest BCUT2D eigenvalue weighted by Gasteiger charge is 2.00. The van der Waals surface area contributed by atoms with Crippen LogP contribution in [0.2, 0.25) is 0 Å². The number of hydrogen-bond donors (Lipinski definition) is 2. The van der Waals surface area contributed by atoms with Crippen LogP contribution in [0.1, 0.15) is 5.56 Å². The van der Waals surface area contributed by atoms with E-state index < -0.39 is 0 Å². The summed E-state index contributed by atoms with van der Waals surface area (Å²) < 4.78 is 4.50. The highest BCUT2D eigenvalue weighted by molar-refractivity contribution is 7.80. The maximum absolute atomic E-state index is 10.8. The summed E-state index contributed by atoms with van der Waals surface area (Å²) in [7, 11) is 1.37. The summed E-state index contributed by atoms with van der Waals surface area (Å²) in [6.07, 6.45) is 0. The lowest BCUT2D eigenvalue weighted by Gasteiger charge is -2.05. The van der Waals surface area contributed by atoms with Crippen molar-refractivity contribution in [2.75, 3.05) is 13.7 Å². The fourth-order valence-electron chi connectivity index (χ4n) is 1.03. The van der Waals surface area contributed by atoms with Gasteiger partial charge in [0.05, 0.1) is 13.7 Å². The molecule has 0 heterocycles. The number of nitrogens with one attached hydrogen (secondary N) is 1. The normalized spacial score (nSPS) is 9.86. The molecule has 1 aromatic rings. The van der Waals surface area contributed by atoms with Crippen LogP contribution in [0.3, 0.4) is 0 Å². The van der Waals surface area contributed by atoms with E-state index in [-0.39, 0.29) is 12.5 Å². The van der Waals surface area contributed by atoms with Crippen LogP contribution in [0.4, 0.5) is 0 Å². The SMILES string of the molecule is COC(=O)CNCc1ccccc1S. The Labute approximate surface area is 88.9 Å². The van der Waals surface area contributed by atoms with Crippen molar-refractivity contribution in [1.82, 2.24) is 5.32 Å². The second-order valence-electron chi connectivity index (χ2n) is 2.81. The number of ether oxygens (including phenoxy) is 1. The van der Waals surface area contributed by atoms with Gasteiger partial charge in [0.15, 0.2) is 0 Å². The van der Waals surface area contributed by atoms with Gasteiger partial charge in [-0.3, -0.25) is 4.79 Å². The van der Waals surface area contributed by atoms with Crippen molar-refractivity contribution in [3.63, 3.8) is 0 Å². The number of rotatable bonds is 4. The molecule has 1 rings (SSSR count). The van der Waals surface area contributed by atoms with Crippen molar-refractivity contribution in [2.45, 2.75) is 11.4 Å². The Morgan fingerprint density at radius 2 is 2.21 bits per heavy atom. The Morgan fingerprint density at radius 3 is 2.86 bits per heavy atom. The molecule has 0 saturated carbocycles. The Kier molecular flexibility index (Phi) is 4.49. The zero-order valence-electron chi connectivity index (χ0n) is 7.99. The molecule has 0 bridgehead atoms. The maximum atomic E-state index is 10.8. The molecule has 0 radical (unpaired) electrons. The quantitative estimate of drug-likeness (QED) is 0.581. The van der Waals surface area contributed by atoms with Gasteiger partial charge in [0.2, 0.25) is 0 Å². The Morgan fingerprint density at radius 1 is 1.50 bits per heavy atom. The predicted molar refractivity (Wildman–Crippen MR) is 57.4 cm³/mol. The summed E-state index contributed by atoms with van der Waals surface area (Å²) in [6.45, 7) is 0.841. The van der Waals surface area contributed by atoms with Crippen molar-refractivity contribution in [3.05, 3.63) is 29.8 Å². The van der Waals surface area contributed by atoms with E-state index in [2.05, 4.69) is 22.7 Å². The standard InChI is InChI=1S/C10H13NO2S/c1-13-10(12)7-11-6-8-4-2-3-5-9(8)14/h2-5,11,14H,6-7H2,1H3. The van der Waals surface area contributed by atoms with E-state index in [1.165, 1.54) is 7.11 Å². The lowest BCUT2D eigenvalue weighted by Crippen LogP contribution is -2.23. The molecular formula is C10H13NO2S. The number of hydrogen-bond acceptors (Lipinski definition) is 4. The Hall–Kier alpha value is -1.00. The Balaban J connectivity index is 2.39. The molecule has 0 unspecified atom stereocenters. The summed E-state index contributed by atoms with van der Waals surface area (Å²) in [5, 5.41) is 2.97. The van der Waals surface area contributed by atoms with E-state index in [4.69, 9.17) is 0 Å². The summed E-state index contributed by atoms with van der Waals surface area (Å²) in [5.41, 5.74) is 1.07. The summed E-state index contributed by atoms with van der Waals surface area (Å²) in [5.74, 6) is -0.262. The van der Waals surface area contributed by atoms with E-state index in [0.29, 0.717) is 6.54 Å². The van der Waals surface area contributed by atoms with Crippen LogP contribution >= 0.6 is 12.6 Å². The van der Waals surface area contributed by atoms with E-state index in [0.717, 1.165) is 10.5 Å². The van der Waals surface area contributed by atoms with Gasteiger partial charge in [-0.15, -0.1) is 12.6 Å². The highest BCUT2D eigenvalue weighted by Crippen LogP contribution is 2.11. The third-order valence-electron chi connectivity index (χ3n) is 1.80. The van der Waals surface area contributed by atoms with Crippen molar-refractivity contribution in [1.29, 1.82) is 0 Å². The van der Waals surface area contributed by atoms with E-state index >= 15 is 0 Å². The zero-order valence-corrected chi connectivity index (χ0v) is 8.88. The Bertz CT molecular complexity index is 315. The van der Waals surface area contributed by atoms with E-state index in [9.17, 15) is 4.79 Å². The molecule has 76 valence electrons. The molecule has 0 atom stereocenters. The van der Waals surface area contributed by atoms with Gasteiger partial charge in [0.1, 0.15) is 0 Å². The average molecular weight is 211 g/mol. The zero-order chi connectivity index (χ0) is 10.4. The van der Waals surface area contributed by atoms with E-state index in [1.54, 1.807) is 0 Å². The van der Waals surface area contributed by atoms with Crippen LogP contribution in [0.15, 0.2) is 29.2 Å². The van der Waals surface area contributed by atoms with Gasteiger partial charge in [0.25, 0.3) is 0 Å². The molecule has 1 N–H and O–H groups in total. The summed E-state index contributed by atoms with van der Waals surface area (Å²) >= 11 is 4.29. The summed E-state index contributed by atoms with van der Waals surface area (Å²) in [6, 6.07) is 7.74. The van der Waals surface area contributed by atoms with Gasteiger partial charge in [-0.2, -0.15) is 0 Å². The molecule has 0 saturated heterocycles. The van der Waals surface area contributed by atoms with Crippen LogP contribution in [0, 0.1) is 0 Å². The third-order valence-corrected chi connectivity index (χ3v) is 2.24. The minimum absolute atomic E-state index is 0.221. The minimum atomic E-state index is -0.262. The molecule has 0 spiro atoms. The van der Waals surface area contributed by atoms with Gasteiger partial charge in [-0.05, 0) is 11.6 Å². The number of thiol groups is 1. The van der Waals surface area contributed by atoms with Gasteiger partial charge in [0, 0.05) is 11.4 Å². The molecule has 1 aromatic carbocycles. The second-order valence-corrected chi connectivity index (χ2v) is 3.29. The van der Waals surface area contributed by atoms with Crippen LogP contribution in [-0.2, 0) is 16.1 Å². The second kappa shape index (κ2) is 5.67. The predicted octanol–water partition coefficient (Wildman–Crippen LogP) is 1.24. The van der Waals surface area contributed by atoms with Crippen LogP contribution in [0.5, 0.6) is 0 Å². The fourth-order valence-corrected chi connectivity index (χ4v) is 1.27. The van der Waals surface area contributed by atoms with Gasteiger partial charge < -0.3 is 10.1 Å². The first kappa shape index (κ1) is 11.1. The van der Waals surface area contributed by atoms with Crippen molar-refractivity contribution < 1.29 is 9.53 Å². The first-order valence-electron chi connectivity index (χ1n) is 4.28. The van der Waals surface area contributed by atoms with E-state index in [1.807, 2.05) is 24.3 Å². The van der Waals surface area contributed by atoms with Gasteiger partial charge in [-0.1, -0.05) is 18.2 Å². The first-order chi connectivity index (χ1) is 6.74. The molecule has 0 aromatic heterocycles. The smallest absolute Gasteiger partial charge is 0.319 e. The molecule has 0 aliphatic heterocycles. The molecule has 0 aliphatic carbocycles. The van der Waals surface area contributed by atoms with Crippen LogP contribution < -0.4 is 5.32 Å². The molecule has 0 fully saturated rings. The summed E-state index contributed by atoms with van der Waals surface area (Å²) in [4.78, 5) is 11.7. The molecular weight excluding hydrogens is 198 g/mol. The molecule has 0 amide bonds. The monoisotopic (exact) mass is 211 g/mol. The topological polar surface area (TPSA) is 38.3 Å². The molecule has 0 aliphatic rings. The van der Waals surface area contributed by atoms with Crippen LogP contribution in [-0.4, -0.2) is 19.6 Å². The van der Waals surface area contributed by atoms with Crippen molar-refractivity contribution in [3.8, 4) is 0 Å². The van der Waals surface area contributed by atoms with Gasteiger partial charge in [-0.25, -0.2) is 0 Å². The lowest BCUT2D eigenvalue weighted by molar-refractivity contribution is -0.139. The third kappa shape index (κ3) is 3.40. The molecule has 14 heavy (non-hydrogen) atoms. The minimum Gasteiger partial charge on any atom is -0.468 e. The average Bonchev–Trinajstić information content (AvgIpc) is 2.20. The number of esters is 1. The first-order valence-corrected chi connectivity index (χ1v) is 4.73. The lowest BCUT2D eigenvalue weighted by atomic mass is 10.2. The largest absolute Gasteiger partial charge is 0.468 e. The fraction of sp³-hybridized carbons (Fsp3) is 0.300. The van der Waals surface area contributed by atoms with Crippen molar-refractivity contribution in [2.24, 2.45) is 0 Å². The highest BCUT2D eigenvalue weighted by atomic mass is 32.1. The number of methoxy groups -OCH3 is 1. The maximum Gasteiger partial charge on any atom is 0.319 e. The molecule has 3 nitrogen and oxygen atoms in total. The van der Waals surface area contributed by atoms with Crippen LogP contribution in [0.25, 0.3) is 0 Å².